The van der Waals surface area contributed by atoms with Crippen LogP contribution >= 0.6 is 0 Å². The van der Waals surface area contributed by atoms with Crippen molar-refractivity contribution in [3.8, 4) is 0 Å². The summed E-state index contributed by atoms with van der Waals surface area (Å²) in [6, 6.07) is -0.314. The fourth-order valence-electron chi connectivity index (χ4n) is 1.95. The van der Waals surface area contributed by atoms with Gasteiger partial charge in [0.25, 0.3) is 0 Å². The van der Waals surface area contributed by atoms with Crippen LogP contribution in [0.2, 0.25) is 0 Å². The highest BCUT2D eigenvalue weighted by Crippen LogP contribution is 2.29. The molecule has 0 radical (unpaired) electrons. The molecule has 0 aliphatic heterocycles. The lowest BCUT2D eigenvalue weighted by molar-refractivity contribution is -0.144. The maximum absolute atomic E-state index is 11.6. The lowest BCUT2D eigenvalue weighted by atomic mass is 9.98. The first-order chi connectivity index (χ1) is 7.50. The van der Waals surface area contributed by atoms with Gasteiger partial charge < -0.3 is 15.7 Å². The molecule has 1 fully saturated rings. The molecule has 2 amide bonds. The molecule has 0 aromatic heterocycles. The van der Waals surface area contributed by atoms with Crippen molar-refractivity contribution in [2.75, 3.05) is 0 Å². The number of carbonyl (C=O) groups excluding carboxylic acids is 1. The fourth-order valence-corrected chi connectivity index (χ4v) is 1.95. The zero-order chi connectivity index (χ0) is 12.2. The lowest BCUT2D eigenvalue weighted by Gasteiger charge is -2.26. The van der Waals surface area contributed by atoms with Gasteiger partial charge in [-0.1, -0.05) is 19.8 Å². The predicted octanol–water partition coefficient (Wildman–Crippen LogP) is 1.48. The van der Waals surface area contributed by atoms with E-state index in [-0.39, 0.29) is 12.1 Å². The zero-order valence-corrected chi connectivity index (χ0v) is 9.88. The molecule has 1 saturated carbocycles. The molecule has 1 atom stereocenters. The summed E-state index contributed by atoms with van der Waals surface area (Å²) in [4.78, 5) is 22.8. The minimum atomic E-state index is -1.04. The number of carboxylic acid groups (broad SMARTS) is 1. The zero-order valence-electron chi connectivity index (χ0n) is 9.88. The Morgan fingerprint density at radius 2 is 1.94 bits per heavy atom. The number of amides is 2. The number of carboxylic acids is 1. The summed E-state index contributed by atoms with van der Waals surface area (Å²) >= 11 is 0. The molecule has 1 aliphatic rings. The van der Waals surface area contributed by atoms with Crippen molar-refractivity contribution < 1.29 is 14.7 Å². The van der Waals surface area contributed by atoms with E-state index in [9.17, 15) is 9.59 Å². The highest BCUT2D eigenvalue weighted by molar-refractivity contribution is 5.86. The van der Waals surface area contributed by atoms with Crippen LogP contribution in [0.15, 0.2) is 0 Å². The van der Waals surface area contributed by atoms with E-state index in [1.807, 2.05) is 13.8 Å². The molecular weight excluding hydrogens is 208 g/mol. The van der Waals surface area contributed by atoms with Crippen LogP contribution in [-0.2, 0) is 4.79 Å². The molecule has 0 heterocycles. The topological polar surface area (TPSA) is 78.4 Å². The van der Waals surface area contributed by atoms with Gasteiger partial charge in [-0.2, -0.15) is 0 Å². The van der Waals surface area contributed by atoms with Crippen LogP contribution in [0.3, 0.4) is 0 Å². The SMILES string of the molecule is CCC(C)NC(=O)NC1(C(=O)O)CCCC1. The Labute approximate surface area is 95.6 Å². The van der Waals surface area contributed by atoms with Crippen molar-refractivity contribution in [3.05, 3.63) is 0 Å². The Morgan fingerprint density at radius 1 is 1.38 bits per heavy atom. The van der Waals surface area contributed by atoms with Gasteiger partial charge in [0.2, 0.25) is 0 Å². The number of nitrogens with one attached hydrogen (secondary N) is 2. The molecular formula is C11H20N2O3. The van der Waals surface area contributed by atoms with Gasteiger partial charge in [0.15, 0.2) is 0 Å². The Balaban J connectivity index is 2.56. The summed E-state index contributed by atoms with van der Waals surface area (Å²) in [5, 5.41) is 14.5. The molecule has 1 aliphatic carbocycles. The third-order valence-electron chi connectivity index (χ3n) is 3.21. The normalized spacial score (nSPS) is 20.1. The number of hydrogen-bond donors (Lipinski definition) is 3. The van der Waals surface area contributed by atoms with Gasteiger partial charge in [0, 0.05) is 6.04 Å². The minimum Gasteiger partial charge on any atom is -0.480 e. The quantitative estimate of drug-likeness (QED) is 0.682. The van der Waals surface area contributed by atoms with Crippen molar-refractivity contribution >= 4 is 12.0 Å². The molecule has 0 aromatic carbocycles. The first-order valence-electron chi connectivity index (χ1n) is 5.82. The van der Waals surface area contributed by atoms with E-state index >= 15 is 0 Å². The second-order valence-corrected chi connectivity index (χ2v) is 4.50. The Hall–Kier alpha value is -1.26. The summed E-state index contributed by atoms with van der Waals surface area (Å²) in [6.07, 6.45) is 3.59. The van der Waals surface area contributed by atoms with Crippen LogP contribution in [0.5, 0.6) is 0 Å². The van der Waals surface area contributed by atoms with E-state index in [1.165, 1.54) is 0 Å². The van der Waals surface area contributed by atoms with E-state index in [0.29, 0.717) is 12.8 Å². The van der Waals surface area contributed by atoms with Gasteiger partial charge in [0.05, 0.1) is 0 Å². The Bertz CT molecular complexity index is 272. The van der Waals surface area contributed by atoms with Gasteiger partial charge in [-0.25, -0.2) is 9.59 Å². The van der Waals surface area contributed by atoms with E-state index in [1.54, 1.807) is 0 Å². The molecule has 0 aromatic rings. The smallest absolute Gasteiger partial charge is 0.329 e. The largest absolute Gasteiger partial charge is 0.480 e. The lowest BCUT2D eigenvalue weighted by Crippen LogP contribution is -2.56. The van der Waals surface area contributed by atoms with Gasteiger partial charge in [0.1, 0.15) is 5.54 Å². The van der Waals surface area contributed by atoms with Crippen LogP contribution in [-0.4, -0.2) is 28.7 Å². The van der Waals surface area contributed by atoms with E-state index in [2.05, 4.69) is 10.6 Å². The molecule has 92 valence electrons. The van der Waals surface area contributed by atoms with Crippen LogP contribution in [0.4, 0.5) is 4.79 Å². The summed E-state index contributed by atoms with van der Waals surface area (Å²) < 4.78 is 0. The van der Waals surface area contributed by atoms with E-state index < -0.39 is 11.5 Å². The summed E-state index contributed by atoms with van der Waals surface area (Å²) in [5.41, 5.74) is -1.04. The third-order valence-corrected chi connectivity index (χ3v) is 3.21. The standard InChI is InChI=1S/C11H20N2O3/c1-3-8(2)12-10(16)13-11(9(14)15)6-4-5-7-11/h8H,3-7H2,1-2H3,(H,14,15)(H2,12,13,16). The van der Waals surface area contributed by atoms with Gasteiger partial charge in [-0.05, 0) is 26.2 Å². The Kier molecular flexibility index (Phi) is 4.15. The Morgan fingerprint density at radius 3 is 2.38 bits per heavy atom. The van der Waals surface area contributed by atoms with Crippen molar-refractivity contribution in [1.29, 1.82) is 0 Å². The molecule has 5 nitrogen and oxygen atoms in total. The number of rotatable bonds is 4. The highest BCUT2D eigenvalue weighted by Gasteiger charge is 2.42. The van der Waals surface area contributed by atoms with Crippen LogP contribution < -0.4 is 10.6 Å². The predicted molar refractivity (Wildman–Crippen MR) is 60.3 cm³/mol. The van der Waals surface area contributed by atoms with Gasteiger partial charge >= 0.3 is 12.0 Å². The van der Waals surface area contributed by atoms with Crippen LogP contribution in [0.25, 0.3) is 0 Å². The van der Waals surface area contributed by atoms with Gasteiger partial charge in [-0.15, -0.1) is 0 Å². The van der Waals surface area contributed by atoms with Crippen molar-refractivity contribution in [1.82, 2.24) is 10.6 Å². The molecule has 1 unspecified atom stereocenters. The molecule has 1 rings (SSSR count). The maximum atomic E-state index is 11.6. The fraction of sp³-hybridized carbons (Fsp3) is 0.818. The average molecular weight is 228 g/mol. The van der Waals surface area contributed by atoms with Crippen LogP contribution in [0.1, 0.15) is 46.0 Å². The highest BCUT2D eigenvalue weighted by atomic mass is 16.4. The number of carbonyl (C=O) groups is 2. The maximum Gasteiger partial charge on any atom is 0.329 e. The molecule has 0 saturated heterocycles. The molecule has 0 bridgehead atoms. The second kappa shape index (κ2) is 5.18. The third kappa shape index (κ3) is 2.87. The van der Waals surface area contributed by atoms with Crippen molar-refractivity contribution in [2.24, 2.45) is 0 Å². The molecule has 0 spiro atoms. The van der Waals surface area contributed by atoms with E-state index in [0.717, 1.165) is 19.3 Å². The van der Waals surface area contributed by atoms with Gasteiger partial charge in [-0.3, -0.25) is 0 Å². The monoisotopic (exact) mass is 228 g/mol. The molecule has 5 heteroatoms. The second-order valence-electron chi connectivity index (χ2n) is 4.50. The summed E-state index contributed by atoms with van der Waals surface area (Å²) in [6.45, 7) is 3.86. The van der Waals surface area contributed by atoms with Crippen molar-refractivity contribution in [3.63, 3.8) is 0 Å². The van der Waals surface area contributed by atoms with Crippen LogP contribution in [0, 0.1) is 0 Å². The summed E-state index contributed by atoms with van der Waals surface area (Å²) in [7, 11) is 0. The number of aliphatic carboxylic acids is 1. The average Bonchev–Trinajstić information content (AvgIpc) is 2.67. The summed E-state index contributed by atoms with van der Waals surface area (Å²) in [5.74, 6) is -0.927. The molecule has 16 heavy (non-hydrogen) atoms. The minimum absolute atomic E-state index is 0.0623. The molecule has 3 N–H and O–H groups in total. The first kappa shape index (κ1) is 12.8. The van der Waals surface area contributed by atoms with E-state index in [4.69, 9.17) is 5.11 Å². The first-order valence-corrected chi connectivity index (χ1v) is 5.82. The van der Waals surface area contributed by atoms with Crippen molar-refractivity contribution in [2.45, 2.75) is 57.5 Å². The number of urea groups is 1. The number of hydrogen-bond acceptors (Lipinski definition) is 2.